The zero-order chi connectivity index (χ0) is 24.9. The number of nitrogens with two attached hydrogens (primary N) is 1. The van der Waals surface area contributed by atoms with E-state index in [2.05, 4.69) is 20.0 Å². The van der Waals surface area contributed by atoms with Gasteiger partial charge in [-0.1, -0.05) is 0 Å². The van der Waals surface area contributed by atoms with Crippen molar-refractivity contribution in [3.8, 4) is 0 Å². The van der Waals surface area contributed by atoms with Crippen molar-refractivity contribution in [3.05, 3.63) is 28.7 Å². The molecular weight excluding hydrogens is 496 g/mol. The summed E-state index contributed by atoms with van der Waals surface area (Å²) in [4.78, 5) is 57.1. The lowest BCUT2D eigenvalue weighted by atomic mass is 10.0. The smallest absolute Gasteiger partial charge is 0.352 e. The van der Waals surface area contributed by atoms with Crippen molar-refractivity contribution in [2.75, 3.05) is 31.1 Å². The van der Waals surface area contributed by atoms with Gasteiger partial charge in [0.15, 0.2) is 16.7 Å². The SMILES string of the molecule is N=C(C(=O)NC1C(=O)N2C(C(=O)O)=C(C=C3CCN(C4CCNC4)C3=O)CSC12)c1nsc(N)n1. The van der Waals surface area contributed by atoms with Crippen LogP contribution in [-0.4, -0.2) is 96.5 Å². The molecular formula is C20H22N8O5S2. The van der Waals surface area contributed by atoms with E-state index < -0.39 is 34.9 Å². The van der Waals surface area contributed by atoms with Crippen LogP contribution in [0, 0.1) is 5.41 Å². The molecule has 4 aliphatic rings. The molecule has 15 heteroatoms. The first-order valence-electron chi connectivity index (χ1n) is 10.9. The van der Waals surface area contributed by atoms with Crippen LogP contribution in [0.15, 0.2) is 22.9 Å². The van der Waals surface area contributed by atoms with Gasteiger partial charge in [0.1, 0.15) is 17.1 Å². The average Bonchev–Trinajstić information content (AvgIpc) is 3.58. The number of aliphatic carboxylic acids is 1. The summed E-state index contributed by atoms with van der Waals surface area (Å²) in [6.07, 6.45) is 3.01. The topological polar surface area (TPSA) is 195 Å². The largest absolute Gasteiger partial charge is 0.477 e. The molecule has 0 bridgehead atoms. The Labute approximate surface area is 207 Å². The summed E-state index contributed by atoms with van der Waals surface area (Å²) < 4.78 is 3.81. The number of carboxylic acid groups (broad SMARTS) is 1. The van der Waals surface area contributed by atoms with Crippen LogP contribution < -0.4 is 16.4 Å². The van der Waals surface area contributed by atoms with Crippen LogP contribution in [-0.2, 0) is 19.2 Å². The molecule has 0 spiro atoms. The minimum atomic E-state index is -1.28. The maximum Gasteiger partial charge on any atom is 0.352 e. The van der Waals surface area contributed by atoms with Crippen LogP contribution in [0.3, 0.4) is 0 Å². The number of anilines is 1. The van der Waals surface area contributed by atoms with Crippen molar-refractivity contribution in [2.45, 2.75) is 30.3 Å². The molecule has 3 fully saturated rings. The van der Waals surface area contributed by atoms with Crippen molar-refractivity contribution < 1.29 is 24.3 Å². The number of likely N-dealkylation sites (tertiary alicyclic amines) is 1. The molecule has 0 aromatic carbocycles. The fourth-order valence-corrected chi connectivity index (χ4v) is 6.38. The van der Waals surface area contributed by atoms with E-state index in [4.69, 9.17) is 11.1 Å². The molecule has 184 valence electrons. The molecule has 3 unspecified atom stereocenters. The molecule has 0 radical (unpaired) electrons. The third-order valence-electron chi connectivity index (χ3n) is 6.36. The maximum absolute atomic E-state index is 12.9. The van der Waals surface area contributed by atoms with Crippen LogP contribution in [0.5, 0.6) is 0 Å². The first-order valence-corrected chi connectivity index (χ1v) is 12.7. The molecule has 1 aromatic heterocycles. The van der Waals surface area contributed by atoms with Crippen molar-refractivity contribution in [1.82, 2.24) is 29.8 Å². The van der Waals surface area contributed by atoms with Crippen LogP contribution in [0.4, 0.5) is 5.13 Å². The van der Waals surface area contributed by atoms with Crippen molar-refractivity contribution in [3.63, 3.8) is 0 Å². The number of nitrogens with one attached hydrogen (secondary N) is 3. The van der Waals surface area contributed by atoms with E-state index in [1.807, 2.05) is 4.90 Å². The predicted octanol–water partition coefficient (Wildman–Crippen LogP) is -1.25. The summed E-state index contributed by atoms with van der Waals surface area (Å²) >= 11 is 2.13. The van der Waals surface area contributed by atoms with Crippen LogP contribution in [0.1, 0.15) is 18.7 Å². The molecule has 0 aliphatic carbocycles. The molecule has 5 rings (SSSR count). The monoisotopic (exact) mass is 518 g/mol. The van der Waals surface area contributed by atoms with Gasteiger partial charge in [-0.3, -0.25) is 24.7 Å². The number of thioether (sulfide) groups is 1. The Morgan fingerprint density at radius 1 is 1.34 bits per heavy atom. The Morgan fingerprint density at radius 3 is 2.80 bits per heavy atom. The van der Waals surface area contributed by atoms with Gasteiger partial charge in [-0.05, 0) is 31.0 Å². The average molecular weight is 519 g/mol. The fourth-order valence-electron chi connectivity index (χ4n) is 4.64. The summed E-state index contributed by atoms with van der Waals surface area (Å²) in [7, 11) is 0. The van der Waals surface area contributed by atoms with Crippen LogP contribution in [0.25, 0.3) is 0 Å². The van der Waals surface area contributed by atoms with Crippen molar-refractivity contribution >= 4 is 57.8 Å². The van der Waals surface area contributed by atoms with E-state index in [1.54, 1.807) is 6.08 Å². The predicted molar refractivity (Wildman–Crippen MR) is 127 cm³/mol. The van der Waals surface area contributed by atoms with E-state index in [0.29, 0.717) is 24.1 Å². The standard InChI is InChI=1S/C20H22N8O5S2/c21-11(14-25-20(22)35-26-14)15(29)24-12-17(31)28-13(19(32)33)9(7-34-18(12)28)5-8-2-4-27(16(8)30)10-1-3-23-6-10/h5,10,12,18,21,23H,1-4,6-7H2,(H,24,29)(H,32,33)(H2,22,25,26). The van der Waals surface area contributed by atoms with Gasteiger partial charge < -0.3 is 26.4 Å². The number of hydrogen-bond acceptors (Lipinski definition) is 11. The number of hydrogen-bond donors (Lipinski definition) is 5. The van der Waals surface area contributed by atoms with Gasteiger partial charge in [-0.25, -0.2) is 4.79 Å². The van der Waals surface area contributed by atoms with Gasteiger partial charge in [0, 0.05) is 42.0 Å². The summed E-state index contributed by atoms with van der Waals surface area (Å²) in [5.74, 6) is -2.72. The minimum absolute atomic E-state index is 0.0991. The number of carbonyl (C=O) groups excluding carboxylic acids is 3. The molecule has 0 saturated carbocycles. The van der Waals surface area contributed by atoms with Crippen molar-refractivity contribution in [2.24, 2.45) is 0 Å². The Hall–Kier alpha value is -3.30. The number of β-lactam (4-membered cyclic amide) rings is 1. The summed E-state index contributed by atoms with van der Waals surface area (Å²) in [5, 5.41) is 23.0. The summed E-state index contributed by atoms with van der Waals surface area (Å²) in [5.41, 5.74) is 5.69. The second-order valence-electron chi connectivity index (χ2n) is 8.44. The number of nitrogens with zero attached hydrogens (tertiary/aromatic N) is 4. The Balaban J connectivity index is 1.32. The van der Waals surface area contributed by atoms with E-state index in [1.165, 1.54) is 11.8 Å². The van der Waals surface area contributed by atoms with Gasteiger partial charge in [-0.15, -0.1) is 11.8 Å². The maximum atomic E-state index is 12.9. The van der Waals surface area contributed by atoms with Gasteiger partial charge in [0.2, 0.25) is 5.91 Å². The molecule has 3 atom stereocenters. The molecule has 1 aromatic rings. The van der Waals surface area contributed by atoms with Crippen molar-refractivity contribution in [1.29, 1.82) is 5.41 Å². The van der Waals surface area contributed by atoms with Gasteiger partial charge in [0.05, 0.1) is 0 Å². The Kier molecular flexibility index (Phi) is 6.06. The highest BCUT2D eigenvalue weighted by Gasteiger charge is 2.54. The molecule has 13 nitrogen and oxygen atoms in total. The lowest BCUT2D eigenvalue weighted by Gasteiger charge is -2.49. The van der Waals surface area contributed by atoms with Gasteiger partial charge in [0.25, 0.3) is 11.8 Å². The van der Waals surface area contributed by atoms with Gasteiger partial charge in [-0.2, -0.15) is 9.36 Å². The van der Waals surface area contributed by atoms with Crippen LogP contribution >= 0.6 is 23.3 Å². The molecule has 3 saturated heterocycles. The quantitative estimate of drug-likeness (QED) is 0.172. The Morgan fingerprint density at radius 2 is 2.14 bits per heavy atom. The van der Waals surface area contributed by atoms with E-state index in [9.17, 15) is 24.3 Å². The molecule has 35 heavy (non-hydrogen) atoms. The number of aromatic nitrogens is 2. The number of nitrogen functional groups attached to an aromatic ring is 1. The minimum Gasteiger partial charge on any atom is -0.477 e. The number of carbonyl (C=O) groups is 4. The molecule has 3 amide bonds. The highest BCUT2D eigenvalue weighted by atomic mass is 32.2. The summed E-state index contributed by atoms with van der Waals surface area (Å²) in [6, 6.07) is -0.853. The number of fused-ring (bicyclic) bond motifs is 1. The fraction of sp³-hybridized carbons (Fsp3) is 0.450. The number of amides is 3. The van der Waals surface area contributed by atoms with Crippen LogP contribution in [0.2, 0.25) is 0 Å². The third kappa shape index (κ3) is 4.08. The number of allylic oxidation sites excluding steroid dienone is 1. The van der Waals surface area contributed by atoms with E-state index >= 15 is 0 Å². The molecule has 5 heterocycles. The van der Waals surface area contributed by atoms with E-state index in [0.717, 1.165) is 35.9 Å². The first-order chi connectivity index (χ1) is 16.8. The first kappa shape index (κ1) is 23.4. The highest BCUT2D eigenvalue weighted by Crippen LogP contribution is 2.41. The Bertz CT molecular complexity index is 1200. The zero-order valence-electron chi connectivity index (χ0n) is 18.3. The lowest BCUT2D eigenvalue weighted by Crippen LogP contribution is -2.71. The second kappa shape index (κ2) is 9.05. The van der Waals surface area contributed by atoms with Gasteiger partial charge >= 0.3 is 5.97 Å². The zero-order valence-corrected chi connectivity index (χ0v) is 19.9. The molecule has 4 aliphatic heterocycles. The lowest BCUT2D eigenvalue weighted by molar-refractivity contribution is -0.150. The number of rotatable bonds is 6. The third-order valence-corrected chi connectivity index (χ3v) is 8.21. The highest BCUT2D eigenvalue weighted by molar-refractivity contribution is 8.00. The number of carboxylic acids is 1. The molecule has 6 N–H and O–H groups in total. The van der Waals surface area contributed by atoms with E-state index in [-0.39, 0.29) is 34.4 Å². The summed E-state index contributed by atoms with van der Waals surface area (Å²) in [6.45, 7) is 2.20. The normalized spacial score (nSPS) is 27.3. The second-order valence-corrected chi connectivity index (χ2v) is 10.3.